The van der Waals surface area contributed by atoms with Gasteiger partial charge in [-0.25, -0.2) is 0 Å². The number of ether oxygens (including phenoxy) is 1. The van der Waals surface area contributed by atoms with Gasteiger partial charge in [0.2, 0.25) is 5.78 Å². The second-order valence-electron chi connectivity index (χ2n) is 2.65. The predicted molar refractivity (Wildman–Crippen MR) is 49.8 cm³/mol. The molecular weight excluding hydrogens is 182 g/mol. The van der Waals surface area contributed by atoms with Gasteiger partial charge in [-0.3, -0.25) is 14.6 Å². The lowest BCUT2D eigenvalue weighted by molar-refractivity contribution is -0.142. The summed E-state index contributed by atoms with van der Waals surface area (Å²) in [5.41, 5.74) is 0.316. The van der Waals surface area contributed by atoms with Crippen LogP contribution in [0.1, 0.15) is 23.8 Å². The first kappa shape index (κ1) is 10.4. The third-order valence-corrected chi connectivity index (χ3v) is 1.60. The zero-order chi connectivity index (χ0) is 10.4. The molecule has 1 aromatic heterocycles. The van der Waals surface area contributed by atoms with E-state index in [9.17, 15) is 9.59 Å². The Morgan fingerprint density at radius 2 is 2.21 bits per heavy atom. The van der Waals surface area contributed by atoms with E-state index in [1.807, 2.05) is 0 Å². The number of hydrogen-bond donors (Lipinski definition) is 0. The molecular formula is C10H11NO3. The topological polar surface area (TPSA) is 56.3 Å². The number of carbonyl (C=O) groups is 2. The molecule has 0 N–H and O–H groups in total. The number of rotatable bonds is 4. The van der Waals surface area contributed by atoms with E-state index in [0.717, 1.165) is 0 Å². The standard InChI is InChI=1S/C10H11NO3/c1-2-10(13)14-7-9(12)8-5-3-4-6-11-8/h3-6H,2,7H2,1H3. The molecule has 74 valence electrons. The van der Waals surface area contributed by atoms with Crippen LogP contribution in [-0.4, -0.2) is 23.3 Å². The van der Waals surface area contributed by atoms with Crippen molar-refractivity contribution in [1.82, 2.24) is 4.98 Å². The fraction of sp³-hybridized carbons (Fsp3) is 0.300. The number of pyridine rings is 1. The Balaban J connectivity index is 2.48. The maximum atomic E-state index is 11.3. The van der Waals surface area contributed by atoms with Crippen molar-refractivity contribution in [3.8, 4) is 0 Å². The minimum absolute atomic E-state index is 0.232. The first-order valence-electron chi connectivity index (χ1n) is 4.34. The first-order chi connectivity index (χ1) is 6.74. The van der Waals surface area contributed by atoms with Crippen LogP contribution in [0.5, 0.6) is 0 Å². The molecule has 0 saturated carbocycles. The average molecular weight is 193 g/mol. The highest BCUT2D eigenvalue weighted by atomic mass is 16.5. The normalized spacial score (nSPS) is 9.50. The van der Waals surface area contributed by atoms with Crippen LogP contribution < -0.4 is 0 Å². The van der Waals surface area contributed by atoms with Gasteiger partial charge in [0.15, 0.2) is 6.61 Å². The molecule has 0 aliphatic rings. The van der Waals surface area contributed by atoms with E-state index in [1.165, 1.54) is 6.20 Å². The monoisotopic (exact) mass is 193 g/mol. The van der Waals surface area contributed by atoms with Gasteiger partial charge in [0.25, 0.3) is 0 Å². The van der Waals surface area contributed by atoms with Crippen LogP contribution in [0, 0.1) is 0 Å². The number of esters is 1. The van der Waals surface area contributed by atoms with E-state index in [1.54, 1.807) is 25.1 Å². The second kappa shape index (κ2) is 5.11. The molecule has 0 unspecified atom stereocenters. The van der Waals surface area contributed by atoms with Crippen LogP contribution in [0.15, 0.2) is 24.4 Å². The molecule has 0 aromatic carbocycles. The summed E-state index contributed by atoms with van der Waals surface area (Å²) in [6, 6.07) is 5.01. The molecule has 0 aliphatic heterocycles. The lowest BCUT2D eigenvalue weighted by Gasteiger charge is -2.01. The average Bonchev–Trinajstić information content (AvgIpc) is 2.26. The zero-order valence-corrected chi connectivity index (χ0v) is 7.90. The second-order valence-corrected chi connectivity index (χ2v) is 2.65. The van der Waals surface area contributed by atoms with E-state index in [2.05, 4.69) is 9.72 Å². The fourth-order valence-electron chi connectivity index (χ4n) is 0.850. The predicted octanol–water partition coefficient (Wildman–Crippen LogP) is 1.22. The summed E-state index contributed by atoms with van der Waals surface area (Å²) < 4.78 is 4.68. The van der Waals surface area contributed by atoms with E-state index in [-0.39, 0.29) is 24.8 Å². The number of hydrogen-bond acceptors (Lipinski definition) is 4. The van der Waals surface area contributed by atoms with Crippen LogP contribution in [0.2, 0.25) is 0 Å². The van der Waals surface area contributed by atoms with Crippen molar-refractivity contribution in [2.24, 2.45) is 0 Å². The third kappa shape index (κ3) is 2.97. The van der Waals surface area contributed by atoms with Gasteiger partial charge in [0.05, 0.1) is 0 Å². The van der Waals surface area contributed by atoms with E-state index in [0.29, 0.717) is 5.69 Å². The van der Waals surface area contributed by atoms with E-state index >= 15 is 0 Å². The van der Waals surface area contributed by atoms with Gasteiger partial charge in [-0.15, -0.1) is 0 Å². The van der Waals surface area contributed by atoms with Crippen molar-refractivity contribution in [1.29, 1.82) is 0 Å². The Bertz CT molecular complexity index is 321. The summed E-state index contributed by atoms with van der Waals surface area (Å²) in [6.45, 7) is 1.44. The summed E-state index contributed by atoms with van der Waals surface area (Å²) in [7, 11) is 0. The third-order valence-electron chi connectivity index (χ3n) is 1.60. The highest BCUT2D eigenvalue weighted by molar-refractivity contribution is 5.96. The molecule has 4 heteroatoms. The molecule has 0 spiro atoms. The highest BCUT2D eigenvalue weighted by Crippen LogP contribution is 1.96. The molecule has 0 amide bonds. The van der Waals surface area contributed by atoms with E-state index < -0.39 is 0 Å². The van der Waals surface area contributed by atoms with Crippen LogP contribution in [0.3, 0.4) is 0 Å². The Labute approximate surface area is 81.9 Å². The molecule has 4 nitrogen and oxygen atoms in total. The van der Waals surface area contributed by atoms with Crippen molar-refractivity contribution in [2.45, 2.75) is 13.3 Å². The maximum Gasteiger partial charge on any atom is 0.305 e. The zero-order valence-electron chi connectivity index (χ0n) is 7.90. The molecule has 1 heterocycles. The minimum atomic E-state index is -0.380. The highest BCUT2D eigenvalue weighted by Gasteiger charge is 2.08. The van der Waals surface area contributed by atoms with Gasteiger partial charge >= 0.3 is 5.97 Å². The van der Waals surface area contributed by atoms with Crippen molar-refractivity contribution in [3.05, 3.63) is 30.1 Å². The van der Waals surface area contributed by atoms with Gasteiger partial charge in [0.1, 0.15) is 5.69 Å². The Morgan fingerprint density at radius 1 is 1.43 bits per heavy atom. The Hall–Kier alpha value is -1.71. The molecule has 1 rings (SSSR count). The Kier molecular flexibility index (Phi) is 3.79. The quantitative estimate of drug-likeness (QED) is 0.533. The van der Waals surface area contributed by atoms with Gasteiger partial charge < -0.3 is 4.74 Å². The molecule has 0 saturated heterocycles. The molecule has 0 atom stereocenters. The van der Waals surface area contributed by atoms with Crippen molar-refractivity contribution >= 4 is 11.8 Å². The number of Topliss-reactive ketones (excluding diaryl/α,β-unsaturated/α-hetero) is 1. The molecule has 0 bridgehead atoms. The van der Waals surface area contributed by atoms with E-state index in [4.69, 9.17) is 0 Å². The van der Waals surface area contributed by atoms with Gasteiger partial charge in [0, 0.05) is 12.6 Å². The van der Waals surface area contributed by atoms with Crippen molar-refractivity contribution in [2.75, 3.05) is 6.61 Å². The smallest absolute Gasteiger partial charge is 0.305 e. The summed E-state index contributed by atoms with van der Waals surface area (Å²) in [5.74, 6) is -0.665. The molecule has 0 fully saturated rings. The van der Waals surface area contributed by atoms with Gasteiger partial charge in [-0.1, -0.05) is 13.0 Å². The van der Waals surface area contributed by atoms with Crippen LogP contribution >= 0.6 is 0 Å². The van der Waals surface area contributed by atoms with Crippen LogP contribution in [0.25, 0.3) is 0 Å². The largest absolute Gasteiger partial charge is 0.457 e. The van der Waals surface area contributed by atoms with Gasteiger partial charge in [-0.05, 0) is 12.1 Å². The number of carbonyl (C=O) groups excluding carboxylic acids is 2. The van der Waals surface area contributed by atoms with Crippen molar-refractivity contribution in [3.63, 3.8) is 0 Å². The summed E-state index contributed by atoms with van der Waals surface area (Å²) in [4.78, 5) is 25.9. The number of ketones is 1. The van der Waals surface area contributed by atoms with Crippen LogP contribution in [-0.2, 0) is 9.53 Å². The SMILES string of the molecule is CCC(=O)OCC(=O)c1ccccn1. The number of nitrogens with zero attached hydrogens (tertiary/aromatic N) is 1. The minimum Gasteiger partial charge on any atom is -0.457 e. The molecule has 14 heavy (non-hydrogen) atoms. The van der Waals surface area contributed by atoms with Crippen LogP contribution in [0.4, 0.5) is 0 Å². The van der Waals surface area contributed by atoms with Crippen molar-refractivity contribution < 1.29 is 14.3 Å². The van der Waals surface area contributed by atoms with Gasteiger partial charge in [-0.2, -0.15) is 0 Å². The lowest BCUT2D eigenvalue weighted by Crippen LogP contribution is -2.14. The summed E-state index contributed by atoms with van der Waals surface area (Å²) in [6.07, 6.45) is 1.80. The lowest BCUT2D eigenvalue weighted by atomic mass is 10.2. The Morgan fingerprint density at radius 3 is 2.79 bits per heavy atom. The number of aromatic nitrogens is 1. The molecule has 0 radical (unpaired) electrons. The summed E-state index contributed by atoms with van der Waals surface area (Å²) in [5, 5.41) is 0. The fourth-order valence-corrected chi connectivity index (χ4v) is 0.850. The maximum absolute atomic E-state index is 11.3. The first-order valence-corrected chi connectivity index (χ1v) is 4.34. The molecule has 1 aromatic rings. The molecule has 0 aliphatic carbocycles. The summed E-state index contributed by atoms with van der Waals surface area (Å²) >= 11 is 0.